The van der Waals surface area contributed by atoms with Gasteiger partial charge in [-0.1, -0.05) is 68.4 Å². The van der Waals surface area contributed by atoms with Crippen LogP contribution in [0.1, 0.15) is 52.5 Å². The number of nitrogens with zero attached hydrogens (tertiary/aromatic N) is 3. The second kappa shape index (κ2) is 8.73. The maximum Gasteiger partial charge on any atom is 0.134 e. The van der Waals surface area contributed by atoms with Gasteiger partial charge in [-0.3, -0.25) is 4.90 Å². The average molecular weight is 400 g/mol. The van der Waals surface area contributed by atoms with Crippen LogP contribution in [0.4, 0.5) is 5.00 Å². The summed E-state index contributed by atoms with van der Waals surface area (Å²) in [6.07, 6.45) is 2.80. The molecule has 1 aliphatic heterocycles. The van der Waals surface area contributed by atoms with Crippen LogP contribution in [0, 0.1) is 11.3 Å². The molecule has 4 heteroatoms. The molecule has 1 aliphatic rings. The molecule has 0 saturated carbocycles. The number of aliphatic imine (C=N–C) groups is 1. The standard InChI is InChI=1S/C25H25N3S/c1-18(2)21-10-8-19(9-11-21)15-27-25-23(14-26)22-12-13-28(17-24(22)29-25)16-20-6-4-3-5-7-20/h3-11,15,18H,12-13,16-17H2,1-2H3. The molecule has 3 nitrogen and oxygen atoms in total. The molecule has 0 bridgehead atoms. The van der Waals surface area contributed by atoms with Gasteiger partial charge in [0.25, 0.3) is 0 Å². The lowest BCUT2D eigenvalue weighted by atomic mass is 10.0. The molecule has 0 spiro atoms. The summed E-state index contributed by atoms with van der Waals surface area (Å²) in [7, 11) is 0. The zero-order valence-electron chi connectivity index (χ0n) is 16.9. The lowest BCUT2D eigenvalue weighted by Crippen LogP contribution is -2.29. The molecule has 0 amide bonds. The molecule has 29 heavy (non-hydrogen) atoms. The number of hydrogen-bond donors (Lipinski definition) is 0. The van der Waals surface area contributed by atoms with Gasteiger partial charge in [-0.15, -0.1) is 11.3 Å². The van der Waals surface area contributed by atoms with Crippen molar-refractivity contribution >= 4 is 22.6 Å². The van der Waals surface area contributed by atoms with Crippen LogP contribution < -0.4 is 0 Å². The fraction of sp³-hybridized carbons (Fsp3) is 0.280. The molecule has 1 aromatic heterocycles. The predicted molar refractivity (Wildman–Crippen MR) is 121 cm³/mol. The number of hydrogen-bond acceptors (Lipinski definition) is 4. The predicted octanol–water partition coefficient (Wildman–Crippen LogP) is 6.05. The Morgan fingerprint density at radius 2 is 1.90 bits per heavy atom. The molecular weight excluding hydrogens is 374 g/mol. The van der Waals surface area contributed by atoms with Crippen molar-refractivity contribution in [2.24, 2.45) is 4.99 Å². The number of rotatable bonds is 5. The minimum absolute atomic E-state index is 0.522. The van der Waals surface area contributed by atoms with Crippen LogP contribution >= 0.6 is 11.3 Å². The smallest absolute Gasteiger partial charge is 0.134 e. The van der Waals surface area contributed by atoms with Gasteiger partial charge in [0.1, 0.15) is 11.1 Å². The van der Waals surface area contributed by atoms with Crippen molar-refractivity contribution in [3.63, 3.8) is 0 Å². The minimum atomic E-state index is 0.522. The van der Waals surface area contributed by atoms with Gasteiger partial charge in [0, 0.05) is 30.7 Å². The Morgan fingerprint density at radius 1 is 1.14 bits per heavy atom. The first-order valence-electron chi connectivity index (χ1n) is 10.1. The van der Waals surface area contributed by atoms with Crippen molar-refractivity contribution < 1.29 is 0 Å². The monoisotopic (exact) mass is 399 g/mol. The highest BCUT2D eigenvalue weighted by molar-refractivity contribution is 7.16. The van der Waals surface area contributed by atoms with Crippen molar-refractivity contribution in [2.45, 2.75) is 39.3 Å². The van der Waals surface area contributed by atoms with Gasteiger partial charge in [0.15, 0.2) is 0 Å². The van der Waals surface area contributed by atoms with E-state index in [0.717, 1.165) is 42.2 Å². The van der Waals surface area contributed by atoms with Gasteiger partial charge in [0.2, 0.25) is 0 Å². The number of fused-ring (bicyclic) bond motifs is 1. The Morgan fingerprint density at radius 3 is 2.59 bits per heavy atom. The van der Waals surface area contributed by atoms with Crippen molar-refractivity contribution in [3.05, 3.63) is 87.3 Å². The van der Waals surface area contributed by atoms with Gasteiger partial charge in [-0.2, -0.15) is 5.26 Å². The maximum absolute atomic E-state index is 9.73. The van der Waals surface area contributed by atoms with Crippen molar-refractivity contribution in [2.75, 3.05) is 6.54 Å². The maximum atomic E-state index is 9.73. The average Bonchev–Trinajstić information content (AvgIpc) is 3.10. The molecule has 146 valence electrons. The van der Waals surface area contributed by atoms with Gasteiger partial charge in [0.05, 0.1) is 5.56 Å². The minimum Gasteiger partial charge on any atom is -0.294 e. The number of benzene rings is 2. The van der Waals surface area contributed by atoms with E-state index < -0.39 is 0 Å². The zero-order chi connectivity index (χ0) is 20.2. The molecule has 0 unspecified atom stereocenters. The summed E-state index contributed by atoms with van der Waals surface area (Å²) >= 11 is 1.67. The lowest BCUT2D eigenvalue weighted by molar-refractivity contribution is 0.249. The Kier molecular flexibility index (Phi) is 5.89. The van der Waals surface area contributed by atoms with Crippen LogP contribution in [0.3, 0.4) is 0 Å². The summed E-state index contributed by atoms with van der Waals surface area (Å²) in [5.74, 6) is 0.522. The van der Waals surface area contributed by atoms with E-state index >= 15 is 0 Å². The Hall–Kier alpha value is -2.74. The van der Waals surface area contributed by atoms with E-state index in [9.17, 15) is 5.26 Å². The molecule has 0 fully saturated rings. The molecular formula is C25H25N3S. The summed E-state index contributed by atoms with van der Waals surface area (Å²) in [6.45, 7) is 7.20. The van der Waals surface area contributed by atoms with Crippen LogP contribution in [0.2, 0.25) is 0 Å². The van der Waals surface area contributed by atoms with E-state index in [1.165, 1.54) is 21.6 Å². The van der Waals surface area contributed by atoms with E-state index in [-0.39, 0.29) is 0 Å². The third-order valence-corrected chi connectivity index (χ3v) is 6.54. The summed E-state index contributed by atoms with van der Waals surface area (Å²) in [4.78, 5) is 8.42. The van der Waals surface area contributed by atoms with Gasteiger partial charge in [-0.05, 0) is 34.6 Å². The molecule has 0 saturated heterocycles. The van der Waals surface area contributed by atoms with E-state index in [4.69, 9.17) is 0 Å². The summed E-state index contributed by atoms with van der Waals surface area (Å²) < 4.78 is 0. The molecule has 0 aliphatic carbocycles. The first-order valence-corrected chi connectivity index (χ1v) is 10.9. The summed E-state index contributed by atoms with van der Waals surface area (Å²) in [5, 5.41) is 10.6. The lowest BCUT2D eigenvalue weighted by Gasteiger charge is -2.26. The fourth-order valence-electron chi connectivity index (χ4n) is 3.72. The second-order valence-electron chi connectivity index (χ2n) is 7.82. The van der Waals surface area contributed by atoms with Gasteiger partial charge < -0.3 is 0 Å². The quantitative estimate of drug-likeness (QED) is 0.490. The molecule has 4 rings (SSSR count). The van der Waals surface area contributed by atoms with Crippen molar-refractivity contribution in [1.82, 2.24) is 4.90 Å². The number of thiophene rings is 1. The molecule has 0 atom stereocenters. The summed E-state index contributed by atoms with van der Waals surface area (Å²) in [5.41, 5.74) is 5.68. The van der Waals surface area contributed by atoms with E-state index in [1.54, 1.807) is 11.3 Å². The molecule has 2 heterocycles. The first kappa shape index (κ1) is 19.6. The van der Waals surface area contributed by atoms with E-state index in [0.29, 0.717) is 5.92 Å². The Labute approximate surface area is 177 Å². The third-order valence-electron chi connectivity index (χ3n) is 5.41. The van der Waals surface area contributed by atoms with Crippen molar-refractivity contribution in [1.29, 1.82) is 5.26 Å². The van der Waals surface area contributed by atoms with Gasteiger partial charge >= 0.3 is 0 Å². The normalized spacial score (nSPS) is 14.3. The molecule has 2 aromatic carbocycles. The van der Waals surface area contributed by atoms with Crippen molar-refractivity contribution in [3.8, 4) is 6.07 Å². The molecule has 0 N–H and O–H groups in total. The highest BCUT2D eigenvalue weighted by atomic mass is 32.1. The number of nitriles is 1. The molecule has 0 radical (unpaired) electrons. The Bertz CT molecular complexity index is 1040. The fourth-order valence-corrected chi connectivity index (χ4v) is 4.91. The van der Waals surface area contributed by atoms with Crippen LogP contribution in [-0.2, 0) is 19.5 Å². The van der Waals surface area contributed by atoms with Gasteiger partial charge in [-0.25, -0.2) is 4.99 Å². The van der Waals surface area contributed by atoms with Crippen LogP contribution in [0.5, 0.6) is 0 Å². The largest absolute Gasteiger partial charge is 0.294 e. The molecule has 3 aromatic rings. The third kappa shape index (κ3) is 4.48. The SMILES string of the molecule is CC(C)c1ccc(C=Nc2sc3c(c2C#N)CCN(Cc2ccccc2)C3)cc1. The summed E-state index contributed by atoms with van der Waals surface area (Å²) in [6, 6.07) is 21.5. The van der Waals surface area contributed by atoms with E-state index in [2.05, 4.69) is 84.4 Å². The zero-order valence-corrected chi connectivity index (χ0v) is 17.7. The topological polar surface area (TPSA) is 39.4 Å². The first-order chi connectivity index (χ1) is 14.1. The van der Waals surface area contributed by atoms with E-state index in [1.807, 2.05) is 6.21 Å². The van der Waals surface area contributed by atoms with Crippen LogP contribution in [0.25, 0.3) is 0 Å². The Balaban J connectivity index is 1.52. The highest BCUT2D eigenvalue weighted by Crippen LogP contribution is 2.38. The second-order valence-corrected chi connectivity index (χ2v) is 8.91. The highest BCUT2D eigenvalue weighted by Gasteiger charge is 2.24. The van der Waals surface area contributed by atoms with Crippen LogP contribution in [0.15, 0.2) is 59.6 Å². The van der Waals surface area contributed by atoms with Crippen LogP contribution in [-0.4, -0.2) is 17.7 Å².